The number of carbonyl (C=O) groups is 1. The van der Waals surface area contributed by atoms with Crippen molar-refractivity contribution in [3.8, 4) is 11.1 Å². The van der Waals surface area contributed by atoms with Gasteiger partial charge in [0.15, 0.2) is 8.32 Å². The number of alkyl carbamates (subject to hydrolysis) is 1. The molecule has 0 saturated carbocycles. The summed E-state index contributed by atoms with van der Waals surface area (Å²) in [5.41, 5.74) is 4.74. The lowest BCUT2D eigenvalue weighted by Crippen LogP contribution is -2.52. The molecule has 5 nitrogen and oxygen atoms in total. The molecule has 2 aromatic rings. The van der Waals surface area contributed by atoms with Gasteiger partial charge in [0.2, 0.25) is 0 Å². The van der Waals surface area contributed by atoms with Gasteiger partial charge in [0, 0.05) is 5.92 Å². The van der Waals surface area contributed by atoms with Crippen LogP contribution in [0.15, 0.2) is 60.7 Å². The van der Waals surface area contributed by atoms with E-state index in [1.54, 1.807) is 0 Å². The highest BCUT2D eigenvalue weighted by Gasteiger charge is 2.40. The fourth-order valence-electron chi connectivity index (χ4n) is 5.95. The van der Waals surface area contributed by atoms with Gasteiger partial charge in [-0.1, -0.05) is 153 Å². The van der Waals surface area contributed by atoms with Crippen LogP contribution in [-0.2, 0) is 9.16 Å². The van der Waals surface area contributed by atoms with E-state index in [1.165, 1.54) is 86.5 Å². The van der Waals surface area contributed by atoms with Gasteiger partial charge in [-0.3, -0.25) is 0 Å². The number of hydrogen-bond donors (Lipinski definition) is 2. The van der Waals surface area contributed by atoms with Crippen LogP contribution in [-0.4, -0.2) is 44.9 Å². The van der Waals surface area contributed by atoms with Gasteiger partial charge in [-0.15, -0.1) is 0 Å². The Labute approximate surface area is 275 Å². The highest BCUT2D eigenvalue weighted by Crippen LogP contribution is 2.44. The molecule has 2 aromatic carbocycles. The van der Waals surface area contributed by atoms with Gasteiger partial charge in [0.25, 0.3) is 0 Å². The number of carbonyl (C=O) groups excluding carboxylic acids is 1. The van der Waals surface area contributed by atoms with Crippen LogP contribution in [0, 0.1) is 0 Å². The Hall–Kier alpha value is -2.41. The average Bonchev–Trinajstić information content (AvgIpc) is 3.33. The Morgan fingerprint density at radius 3 is 1.89 bits per heavy atom. The molecule has 250 valence electrons. The Balaban J connectivity index is 1.53. The van der Waals surface area contributed by atoms with Crippen molar-refractivity contribution in [2.45, 2.75) is 141 Å². The third kappa shape index (κ3) is 11.4. The minimum atomic E-state index is -2.18. The molecule has 45 heavy (non-hydrogen) atoms. The molecule has 3 rings (SSSR count). The number of hydrogen-bond acceptors (Lipinski definition) is 4. The van der Waals surface area contributed by atoms with E-state index in [-0.39, 0.29) is 24.2 Å². The Bertz CT molecular complexity index is 1140. The summed E-state index contributed by atoms with van der Waals surface area (Å²) in [5, 5.41) is 13.4. The zero-order chi connectivity index (χ0) is 32.7. The maximum atomic E-state index is 13.1. The fraction of sp³-hybridized carbons (Fsp3) is 0.615. The second-order valence-electron chi connectivity index (χ2n) is 14.4. The molecule has 6 heteroatoms. The number of amides is 1. The summed E-state index contributed by atoms with van der Waals surface area (Å²) in [6.07, 6.45) is 18.8. The van der Waals surface area contributed by atoms with Crippen molar-refractivity contribution in [3.63, 3.8) is 0 Å². The summed E-state index contributed by atoms with van der Waals surface area (Å²) in [4.78, 5) is 13.1. The second-order valence-corrected chi connectivity index (χ2v) is 19.1. The summed E-state index contributed by atoms with van der Waals surface area (Å²) in [6, 6.07) is 16.0. The van der Waals surface area contributed by atoms with Crippen LogP contribution in [0.25, 0.3) is 11.1 Å². The summed E-state index contributed by atoms with van der Waals surface area (Å²) in [7, 11) is -2.18. The van der Waals surface area contributed by atoms with Crippen molar-refractivity contribution in [1.29, 1.82) is 0 Å². The molecule has 0 fully saturated rings. The van der Waals surface area contributed by atoms with Crippen molar-refractivity contribution in [3.05, 3.63) is 71.8 Å². The molecule has 2 N–H and O–H groups in total. The van der Waals surface area contributed by atoms with Crippen molar-refractivity contribution in [2.75, 3.05) is 13.2 Å². The molecule has 1 aliphatic rings. The number of aliphatic hydroxyl groups excluding tert-OH is 1. The van der Waals surface area contributed by atoms with Crippen LogP contribution in [0.5, 0.6) is 0 Å². The number of benzene rings is 2. The molecule has 2 atom stereocenters. The number of allylic oxidation sites excluding steroid dienone is 1. The lowest BCUT2D eigenvalue weighted by molar-refractivity contribution is 0.102. The fourth-order valence-corrected chi connectivity index (χ4v) is 7.23. The summed E-state index contributed by atoms with van der Waals surface area (Å²) < 4.78 is 12.6. The quantitative estimate of drug-likeness (QED) is 0.0863. The highest BCUT2D eigenvalue weighted by molar-refractivity contribution is 6.74. The topological polar surface area (TPSA) is 67.8 Å². The normalized spacial score (nSPS) is 14.7. The number of aliphatic hydroxyl groups is 1. The van der Waals surface area contributed by atoms with Gasteiger partial charge in [-0.2, -0.15) is 0 Å². The van der Waals surface area contributed by atoms with Gasteiger partial charge in [-0.25, -0.2) is 4.79 Å². The maximum absolute atomic E-state index is 13.1. The van der Waals surface area contributed by atoms with E-state index in [1.807, 2.05) is 24.3 Å². The van der Waals surface area contributed by atoms with Crippen LogP contribution in [0.2, 0.25) is 18.1 Å². The molecule has 0 bridgehead atoms. The van der Waals surface area contributed by atoms with Crippen LogP contribution < -0.4 is 5.32 Å². The standard InChI is InChI=1S/C39H61NO4Si/c1-7-8-9-10-11-12-13-14-15-16-17-18-19-28-37(44-45(5,6)39(2,3)4)36(29-41)40-38(42)43-30-35-33-26-22-20-24-31(33)32-25-21-23-27-34(32)35/h19-28,35-37,41H,7-18,29-30H2,1-6H3,(H,40,42)/b28-19+/t36-,37+/m0/s1. The predicted octanol–water partition coefficient (Wildman–Crippen LogP) is 10.5. The summed E-state index contributed by atoms with van der Waals surface area (Å²) in [6.45, 7) is 13.3. The molecular weight excluding hydrogens is 575 g/mol. The van der Waals surface area contributed by atoms with Crippen LogP contribution >= 0.6 is 0 Å². The van der Waals surface area contributed by atoms with Crippen molar-refractivity contribution in [2.24, 2.45) is 0 Å². The lowest BCUT2D eigenvalue weighted by Gasteiger charge is -2.40. The first-order chi connectivity index (χ1) is 21.6. The van der Waals surface area contributed by atoms with E-state index in [2.05, 4.69) is 82.5 Å². The molecule has 0 spiro atoms. The number of nitrogens with one attached hydrogen (secondary N) is 1. The van der Waals surface area contributed by atoms with E-state index in [0.717, 1.165) is 12.8 Å². The third-order valence-corrected chi connectivity index (χ3v) is 14.3. The van der Waals surface area contributed by atoms with Crippen molar-refractivity contribution in [1.82, 2.24) is 5.32 Å². The molecule has 0 unspecified atom stereocenters. The summed E-state index contributed by atoms with van der Waals surface area (Å²) in [5.74, 6) is -0.0132. The molecule has 0 saturated heterocycles. The minimum Gasteiger partial charge on any atom is -0.449 e. The predicted molar refractivity (Wildman–Crippen MR) is 191 cm³/mol. The molecule has 0 aliphatic heterocycles. The minimum absolute atomic E-state index is 0.00113. The summed E-state index contributed by atoms with van der Waals surface area (Å²) >= 11 is 0. The third-order valence-electron chi connectivity index (χ3n) is 9.78. The van der Waals surface area contributed by atoms with E-state index >= 15 is 0 Å². The average molecular weight is 636 g/mol. The monoisotopic (exact) mass is 635 g/mol. The van der Waals surface area contributed by atoms with E-state index < -0.39 is 26.6 Å². The highest BCUT2D eigenvalue weighted by atomic mass is 28.4. The molecule has 0 aromatic heterocycles. The molecule has 0 radical (unpaired) electrons. The van der Waals surface area contributed by atoms with Crippen LogP contribution in [0.3, 0.4) is 0 Å². The zero-order valence-electron chi connectivity index (χ0n) is 29.1. The van der Waals surface area contributed by atoms with Gasteiger partial charge in [0.05, 0.1) is 18.8 Å². The first-order valence-corrected chi connectivity index (χ1v) is 20.6. The number of unbranched alkanes of at least 4 members (excludes halogenated alkanes) is 11. The van der Waals surface area contributed by atoms with Gasteiger partial charge >= 0.3 is 6.09 Å². The van der Waals surface area contributed by atoms with E-state index in [4.69, 9.17) is 9.16 Å². The largest absolute Gasteiger partial charge is 0.449 e. The molecule has 0 heterocycles. The van der Waals surface area contributed by atoms with Gasteiger partial charge in [0.1, 0.15) is 6.61 Å². The van der Waals surface area contributed by atoms with Gasteiger partial charge < -0.3 is 19.6 Å². The van der Waals surface area contributed by atoms with Gasteiger partial charge in [-0.05, 0) is 53.2 Å². The Kier molecular flexibility index (Phi) is 15.4. The Morgan fingerprint density at radius 2 is 1.38 bits per heavy atom. The molecular formula is C39H61NO4Si. The number of fused-ring (bicyclic) bond motifs is 3. The van der Waals surface area contributed by atoms with E-state index in [0.29, 0.717) is 0 Å². The Morgan fingerprint density at radius 1 is 0.867 bits per heavy atom. The van der Waals surface area contributed by atoms with Crippen LogP contribution in [0.1, 0.15) is 122 Å². The van der Waals surface area contributed by atoms with Crippen LogP contribution in [0.4, 0.5) is 4.79 Å². The maximum Gasteiger partial charge on any atom is 0.407 e. The smallest absolute Gasteiger partial charge is 0.407 e. The molecule has 1 aliphatic carbocycles. The lowest BCUT2D eigenvalue weighted by atomic mass is 9.98. The zero-order valence-corrected chi connectivity index (χ0v) is 30.1. The number of ether oxygens (including phenoxy) is 1. The van der Waals surface area contributed by atoms with E-state index in [9.17, 15) is 9.90 Å². The molecule has 1 amide bonds. The second kappa shape index (κ2) is 18.7. The first kappa shape index (κ1) is 37.0. The number of rotatable bonds is 20. The first-order valence-electron chi connectivity index (χ1n) is 17.7. The van der Waals surface area contributed by atoms with Crippen molar-refractivity contribution >= 4 is 14.4 Å². The van der Waals surface area contributed by atoms with Crippen molar-refractivity contribution < 1.29 is 19.1 Å². The SMILES string of the molecule is CCCCCCCCCCCCC/C=C/[C@@H](O[Si](C)(C)C(C)(C)C)[C@H](CO)NC(=O)OCC1c2ccccc2-c2ccccc21.